The molecule has 142 valence electrons. The number of carbonyl (C=O) groups excluding carboxylic acids is 2. The second-order valence-corrected chi connectivity index (χ2v) is 6.42. The number of rotatable bonds is 7. The minimum atomic E-state index is -0.832. The quantitative estimate of drug-likeness (QED) is 0.599. The van der Waals surface area contributed by atoms with Gasteiger partial charge in [0.15, 0.2) is 0 Å². The van der Waals surface area contributed by atoms with Crippen LogP contribution in [-0.4, -0.2) is 43.0 Å². The zero-order valence-corrected chi connectivity index (χ0v) is 15.2. The molecule has 1 heterocycles. The van der Waals surface area contributed by atoms with Gasteiger partial charge in [-0.2, -0.15) is 0 Å². The Hall–Kier alpha value is -2.70. The molecule has 27 heavy (non-hydrogen) atoms. The number of hydroxylamine groups is 1. The topological polar surface area (TPSA) is 67.9 Å². The van der Waals surface area contributed by atoms with Gasteiger partial charge in [-0.1, -0.05) is 60.7 Å². The molecule has 6 nitrogen and oxygen atoms in total. The lowest BCUT2D eigenvalue weighted by Gasteiger charge is -2.30. The number of ether oxygens (including phenoxy) is 1. The average Bonchev–Trinajstić information content (AvgIpc) is 2.73. The van der Waals surface area contributed by atoms with E-state index >= 15 is 0 Å². The van der Waals surface area contributed by atoms with Crippen molar-refractivity contribution in [3.05, 3.63) is 71.8 Å². The molecule has 1 unspecified atom stereocenters. The first-order valence-electron chi connectivity index (χ1n) is 9.10. The largest absolute Gasteiger partial charge is 0.378 e. The van der Waals surface area contributed by atoms with Crippen LogP contribution in [0.4, 0.5) is 0 Å². The number of amides is 2. The third-order valence-electron chi connectivity index (χ3n) is 4.47. The summed E-state index contributed by atoms with van der Waals surface area (Å²) in [6.07, 6.45) is 0.331. The summed E-state index contributed by atoms with van der Waals surface area (Å²) in [6, 6.07) is 19.1. The molecule has 0 spiro atoms. The average molecular weight is 368 g/mol. The Morgan fingerprint density at radius 1 is 0.963 bits per heavy atom. The molecule has 0 bridgehead atoms. The second-order valence-electron chi connectivity index (χ2n) is 6.42. The number of morpholine rings is 1. The van der Waals surface area contributed by atoms with Crippen molar-refractivity contribution in [2.24, 2.45) is 5.92 Å². The zero-order chi connectivity index (χ0) is 18.9. The van der Waals surface area contributed by atoms with E-state index in [1.807, 2.05) is 60.7 Å². The maximum Gasteiger partial charge on any atom is 0.256 e. The van der Waals surface area contributed by atoms with Crippen LogP contribution in [-0.2, 0) is 32.2 Å². The summed E-state index contributed by atoms with van der Waals surface area (Å²) in [5.74, 6) is -1.45. The number of hydrogen-bond donors (Lipinski definition) is 1. The minimum Gasteiger partial charge on any atom is -0.378 e. The molecule has 6 heteroatoms. The Morgan fingerprint density at radius 2 is 1.56 bits per heavy atom. The fourth-order valence-corrected chi connectivity index (χ4v) is 2.98. The first-order chi connectivity index (χ1) is 13.2. The fraction of sp³-hybridized carbons (Fsp3) is 0.333. The SMILES string of the molecule is O=C(NOCc1ccccc1)C(Cc1ccccc1)C(=O)N1CCOCC1. The number of hydrogen-bond acceptors (Lipinski definition) is 4. The van der Waals surface area contributed by atoms with E-state index in [-0.39, 0.29) is 12.5 Å². The molecule has 1 fully saturated rings. The molecular formula is C21H24N2O4. The third-order valence-corrected chi connectivity index (χ3v) is 4.47. The maximum atomic E-state index is 12.9. The van der Waals surface area contributed by atoms with Gasteiger partial charge in [0.2, 0.25) is 5.91 Å². The lowest BCUT2D eigenvalue weighted by molar-refractivity contribution is -0.151. The molecule has 0 saturated carbocycles. The predicted molar refractivity (Wildman–Crippen MR) is 100 cm³/mol. The Labute approximate surface area is 159 Å². The van der Waals surface area contributed by atoms with Crippen molar-refractivity contribution in [1.82, 2.24) is 10.4 Å². The minimum absolute atomic E-state index is 0.192. The lowest BCUT2D eigenvalue weighted by Crippen LogP contribution is -2.48. The highest BCUT2D eigenvalue weighted by molar-refractivity contribution is 6.00. The number of nitrogens with zero attached hydrogens (tertiary/aromatic N) is 1. The highest BCUT2D eigenvalue weighted by atomic mass is 16.6. The molecule has 0 aromatic heterocycles. The van der Waals surface area contributed by atoms with E-state index in [4.69, 9.17) is 9.57 Å². The lowest BCUT2D eigenvalue weighted by atomic mass is 9.97. The highest BCUT2D eigenvalue weighted by Gasteiger charge is 2.32. The van der Waals surface area contributed by atoms with Gasteiger partial charge in [-0.15, -0.1) is 0 Å². The first-order valence-corrected chi connectivity index (χ1v) is 9.10. The number of carbonyl (C=O) groups is 2. The fourth-order valence-electron chi connectivity index (χ4n) is 2.98. The van der Waals surface area contributed by atoms with Crippen LogP contribution in [0.1, 0.15) is 11.1 Å². The van der Waals surface area contributed by atoms with Crippen LogP contribution < -0.4 is 5.48 Å². The predicted octanol–water partition coefficient (Wildman–Crippen LogP) is 1.95. The van der Waals surface area contributed by atoms with E-state index in [0.29, 0.717) is 32.7 Å². The van der Waals surface area contributed by atoms with Crippen molar-refractivity contribution >= 4 is 11.8 Å². The Kier molecular flexibility index (Phi) is 6.96. The third kappa shape index (κ3) is 5.64. The van der Waals surface area contributed by atoms with Crippen LogP contribution in [0.5, 0.6) is 0 Å². The molecule has 1 aliphatic rings. The molecule has 2 aromatic rings. The zero-order valence-electron chi connectivity index (χ0n) is 15.2. The van der Waals surface area contributed by atoms with Crippen molar-refractivity contribution in [2.75, 3.05) is 26.3 Å². The monoisotopic (exact) mass is 368 g/mol. The Bertz CT molecular complexity index is 730. The molecule has 1 atom stereocenters. The molecule has 0 aliphatic carbocycles. The van der Waals surface area contributed by atoms with Gasteiger partial charge >= 0.3 is 0 Å². The second kappa shape index (κ2) is 9.85. The van der Waals surface area contributed by atoms with Gasteiger partial charge in [0.1, 0.15) is 5.92 Å². The van der Waals surface area contributed by atoms with Gasteiger partial charge in [0.25, 0.3) is 5.91 Å². The summed E-state index contributed by atoms with van der Waals surface area (Å²) in [5, 5.41) is 0. The van der Waals surface area contributed by atoms with Crippen molar-refractivity contribution in [3.63, 3.8) is 0 Å². The first kappa shape index (κ1) is 19.1. The smallest absolute Gasteiger partial charge is 0.256 e. The van der Waals surface area contributed by atoms with Crippen molar-refractivity contribution in [2.45, 2.75) is 13.0 Å². The molecule has 2 aromatic carbocycles. The van der Waals surface area contributed by atoms with E-state index < -0.39 is 11.8 Å². The molecule has 2 amide bonds. The van der Waals surface area contributed by atoms with Gasteiger partial charge in [-0.25, -0.2) is 5.48 Å². The van der Waals surface area contributed by atoms with Crippen LogP contribution in [0, 0.1) is 5.92 Å². The Morgan fingerprint density at radius 3 is 2.19 bits per heavy atom. The maximum absolute atomic E-state index is 12.9. The van der Waals surface area contributed by atoms with E-state index in [9.17, 15) is 9.59 Å². The molecule has 1 aliphatic heterocycles. The van der Waals surface area contributed by atoms with E-state index in [1.54, 1.807) is 4.90 Å². The number of benzene rings is 2. The normalized spacial score (nSPS) is 15.2. The van der Waals surface area contributed by atoms with Crippen LogP contribution >= 0.6 is 0 Å². The summed E-state index contributed by atoms with van der Waals surface area (Å²) < 4.78 is 5.30. The van der Waals surface area contributed by atoms with Crippen LogP contribution in [0.25, 0.3) is 0 Å². The van der Waals surface area contributed by atoms with Crippen molar-refractivity contribution in [1.29, 1.82) is 0 Å². The van der Waals surface area contributed by atoms with E-state index in [2.05, 4.69) is 5.48 Å². The van der Waals surface area contributed by atoms with Gasteiger partial charge in [0, 0.05) is 13.1 Å². The van der Waals surface area contributed by atoms with Gasteiger partial charge in [0.05, 0.1) is 19.8 Å². The summed E-state index contributed by atoms with van der Waals surface area (Å²) in [4.78, 5) is 32.7. The highest BCUT2D eigenvalue weighted by Crippen LogP contribution is 2.14. The molecule has 3 rings (SSSR count). The van der Waals surface area contributed by atoms with Crippen molar-refractivity contribution < 1.29 is 19.2 Å². The summed E-state index contributed by atoms with van der Waals surface area (Å²) in [6.45, 7) is 2.24. The standard InChI is InChI=1S/C21H24N2O4/c24-20(22-27-16-18-9-5-2-6-10-18)19(15-17-7-3-1-4-8-17)21(25)23-11-13-26-14-12-23/h1-10,19H,11-16H2,(H,22,24). The van der Waals surface area contributed by atoms with E-state index in [1.165, 1.54) is 0 Å². The summed E-state index contributed by atoms with van der Waals surface area (Å²) in [5.41, 5.74) is 4.33. The van der Waals surface area contributed by atoms with Gasteiger partial charge in [-0.3, -0.25) is 14.4 Å². The van der Waals surface area contributed by atoms with Crippen LogP contribution in [0.2, 0.25) is 0 Å². The van der Waals surface area contributed by atoms with Crippen LogP contribution in [0.15, 0.2) is 60.7 Å². The Balaban J connectivity index is 1.64. The van der Waals surface area contributed by atoms with Gasteiger partial charge < -0.3 is 9.64 Å². The molecule has 1 saturated heterocycles. The number of nitrogens with one attached hydrogen (secondary N) is 1. The van der Waals surface area contributed by atoms with Crippen LogP contribution in [0.3, 0.4) is 0 Å². The molecule has 0 radical (unpaired) electrons. The molecule has 1 N–H and O–H groups in total. The summed E-state index contributed by atoms with van der Waals surface area (Å²) >= 11 is 0. The van der Waals surface area contributed by atoms with E-state index in [0.717, 1.165) is 11.1 Å². The summed E-state index contributed by atoms with van der Waals surface area (Å²) in [7, 11) is 0. The van der Waals surface area contributed by atoms with Crippen molar-refractivity contribution in [3.8, 4) is 0 Å². The molecular weight excluding hydrogens is 344 g/mol. The van der Waals surface area contributed by atoms with Gasteiger partial charge in [-0.05, 0) is 17.5 Å².